The SMILES string of the molecule is CCCCCCCCCCCCCC=CC=CC=C[C]=O. The van der Waals surface area contributed by atoms with Crippen LogP contribution in [0, 0.1) is 0 Å². The largest absolute Gasteiger partial charge is 0.286 e. The van der Waals surface area contributed by atoms with E-state index >= 15 is 0 Å². The van der Waals surface area contributed by atoms with Gasteiger partial charge in [-0.1, -0.05) is 102 Å². The third-order valence-corrected chi connectivity index (χ3v) is 3.61. The summed E-state index contributed by atoms with van der Waals surface area (Å²) >= 11 is 0. The third-order valence-electron chi connectivity index (χ3n) is 3.61. The van der Waals surface area contributed by atoms with Crippen LogP contribution in [0.1, 0.15) is 84.0 Å². The van der Waals surface area contributed by atoms with Crippen molar-refractivity contribution >= 4 is 6.29 Å². The molecule has 0 bridgehead atoms. The minimum atomic E-state index is 1.16. The fourth-order valence-electron chi connectivity index (χ4n) is 2.32. The number of rotatable bonds is 15. The second-order valence-electron chi connectivity index (χ2n) is 5.61. The summed E-state index contributed by atoms with van der Waals surface area (Å²) in [5.41, 5.74) is 0. The van der Waals surface area contributed by atoms with E-state index in [0.717, 1.165) is 6.42 Å². The Labute approximate surface area is 132 Å². The summed E-state index contributed by atoms with van der Waals surface area (Å²) in [5.74, 6) is 0. The van der Waals surface area contributed by atoms with Crippen molar-refractivity contribution in [3.63, 3.8) is 0 Å². The molecule has 0 aromatic rings. The highest BCUT2D eigenvalue weighted by Crippen LogP contribution is 2.11. The Bertz CT molecular complexity index is 286. The van der Waals surface area contributed by atoms with Crippen molar-refractivity contribution in [3.8, 4) is 0 Å². The molecule has 0 spiro atoms. The topological polar surface area (TPSA) is 17.1 Å². The molecule has 1 nitrogen and oxygen atoms in total. The lowest BCUT2D eigenvalue weighted by molar-refractivity contribution is 0.550. The van der Waals surface area contributed by atoms with Gasteiger partial charge in [0.15, 0.2) is 0 Å². The van der Waals surface area contributed by atoms with Gasteiger partial charge in [-0.25, -0.2) is 0 Å². The molecule has 0 aromatic heterocycles. The normalized spacial score (nSPS) is 12.0. The fraction of sp³-hybridized carbons (Fsp3) is 0.650. The van der Waals surface area contributed by atoms with E-state index in [9.17, 15) is 4.79 Å². The van der Waals surface area contributed by atoms with E-state index < -0.39 is 0 Å². The van der Waals surface area contributed by atoms with Crippen molar-refractivity contribution in [2.24, 2.45) is 0 Å². The standard InChI is InChI=1S/C20H33O/c1-2-3-4-5-6-7-8-9-10-11-12-13-14-15-16-17-18-19-20-21/h14-19H,2-13H2,1H3. The molecule has 0 amide bonds. The number of allylic oxidation sites excluding steroid dienone is 6. The van der Waals surface area contributed by atoms with E-state index in [-0.39, 0.29) is 0 Å². The number of hydrogen-bond donors (Lipinski definition) is 0. The van der Waals surface area contributed by atoms with E-state index in [1.54, 1.807) is 12.4 Å². The van der Waals surface area contributed by atoms with Gasteiger partial charge in [-0.3, -0.25) is 4.79 Å². The lowest BCUT2D eigenvalue weighted by Gasteiger charge is -2.01. The van der Waals surface area contributed by atoms with Crippen LogP contribution in [0.4, 0.5) is 0 Å². The van der Waals surface area contributed by atoms with Crippen LogP contribution in [-0.2, 0) is 4.79 Å². The van der Waals surface area contributed by atoms with E-state index in [1.807, 2.05) is 18.2 Å². The molecule has 0 fully saturated rings. The van der Waals surface area contributed by atoms with Crippen molar-refractivity contribution in [2.75, 3.05) is 0 Å². The molecule has 0 aliphatic heterocycles. The maximum atomic E-state index is 9.90. The predicted octanol–water partition coefficient (Wildman–Crippen LogP) is 6.47. The molecule has 0 saturated carbocycles. The molecule has 0 aromatic carbocycles. The average molecular weight is 289 g/mol. The van der Waals surface area contributed by atoms with Gasteiger partial charge in [0.25, 0.3) is 0 Å². The predicted molar refractivity (Wildman–Crippen MR) is 94.2 cm³/mol. The Hall–Kier alpha value is -1.11. The Morgan fingerprint density at radius 2 is 1.19 bits per heavy atom. The average Bonchev–Trinajstić information content (AvgIpc) is 2.50. The first kappa shape index (κ1) is 19.9. The highest BCUT2D eigenvalue weighted by Gasteiger charge is 1.92. The Kier molecular flexibility index (Phi) is 17.9. The smallest absolute Gasteiger partial charge is 0.225 e. The summed E-state index contributed by atoms with van der Waals surface area (Å²) in [5, 5.41) is 0. The minimum Gasteiger partial charge on any atom is -0.286 e. The molecule has 0 N–H and O–H groups in total. The third kappa shape index (κ3) is 18.9. The zero-order chi connectivity index (χ0) is 15.4. The first-order valence-electron chi connectivity index (χ1n) is 8.77. The number of unbranched alkanes of at least 4 members (excludes halogenated alkanes) is 11. The van der Waals surface area contributed by atoms with Gasteiger partial charge in [-0.2, -0.15) is 0 Å². The van der Waals surface area contributed by atoms with Crippen LogP contribution in [0.5, 0.6) is 0 Å². The molecule has 0 aliphatic carbocycles. The molecule has 1 radical (unpaired) electrons. The fourth-order valence-corrected chi connectivity index (χ4v) is 2.32. The van der Waals surface area contributed by atoms with E-state index in [0.29, 0.717) is 0 Å². The molecule has 119 valence electrons. The van der Waals surface area contributed by atoms with Gasteiger partial charge >= 0.3 is 0 Å². The lowest BCUT2D eigenvalue weighted by atomic mass is 10.1. The highest BCUT2D eigenvalue weighted by atomic mass is 16.1. The maximum absolute atomic E-state index is 9.90. The number of carbonyl (C=O) groups excluding carboxylic acids is 1. The van der Waals surface area contributed by atoms with Crippen molar-refractivity contribution < 1.29 is 4.79 Å². The summed E-state index contributed by atoms with van der Waals surface area (Å²) < 4.78 is 0. The molecule has 0 aliphatic rings. The van der Waals surface area contributed by atoms with Crippen LogP contribution in [0.2, 0.25) is 0 Å². The minimum absolute atomic E-state index is 1.16. The second kappa shape index (κ2) is 18.9. The zero-order valence-electron chi connectivity index (χ0n) is 13.9. The van der Waals surface area contributed by atoms with Crippen molar-refractivity contribution in [1.82, 2.24) is 0 Å². The first-order chi connectivity index (χ1) is 10.4. The summed E-state index contributed by atoms with van der Waals surface area (Å²) in [6.45, 7) is 2.27. The van der Waals surface area contributed by atoms with Gasteiger partial charge in [0.2, 0.25) is 6.29 Å². The molecule has 0 saturated heterocycles. The lowest BCUT2D eigenvalue weighted by Crippen LogP contribution is -1.81. The Morgan fingerprint density at radius 3 is 1.76 bits per heavy atom. The van der Waals surface area contributed by atoms with E-state index in [2.05, 4.69) is 13.0 Å². The summed E-state index contributed by atoms with van der Waals surface area (Å²) in [4.78, 5) is 9.90. The summed E-state index contributed by atoms with van der Waals surface area (Å²) in [7, 11) is 0. The number of hydrogen-bond acceptors (Lipinski definition) is 1. The molecule has 0 heterocycles. The first-order valence-corrected chi connectivity index (χ1v) is 8.77. The van der Waals surface area contributed by atoms with Gasteiger partial charge < -0.3 is 0 Å². The molecular formula is C20H33O. The van der Waals surface area contributed by atoms with Gasteiger partial charge in [0, 0.05) is 0 Å². The Balaban J connectivity index is 3.15. The molecule has 0 unspecified atom stereocenters. The van der Waals surface area contributed by atoms with E-state index in [4.69, 9.17) is 0 Å². The van der Waals surface area contributed by atoms with Crippen LogP contribution >= 0.6 is 0 Å². The summed E-state index contributed by atoms with van der Waals surface area (Å²) in [6.07, 6.45) is 29.3. The van der Waals surface area contributed by atoms with Crippen molar-refractivity contribution in [3.05, 3.63) is 36.5 Å². The van der Waals surface area contributed by atoms with Crippen LogP contribution in [0.3, 0.4) is 0 Å². The van der Waals surface area contributed by atoms with Gasteiger partial charge in [0.1, 0.15) is 0 Å². The monoisotopic (exact) mass is 289 g/mol. The van der Waals surface area contributed by atoms with Crippen LogP contribution in [0.15, 0.2) is 36.5 Å². The van der Waals surface area contributed by atoms with Gasteiger partial charge in [-0.15, -0.1) is 0 Å². The second-order valence-corrected chi connectivity index (χ2v) is 5.61. The van der Waals surface area contributed by atoms with Crippen LogP contribution < -0.4 is 0 Å². The quantitative estimate of drug-likeness (QED) is 0.192. The van der Waals surface area contributed by atoms with Gasteiger partial charge in [-0.05, 0) is 18.9 Å². The van der Waals surface area contributed by atoms with Crippen LogP contribution in [-0.4, -0.2) is 6.29 Å². The van der Waals surface area contributed by atoms with Crippen LogP contribution in [0.25, 0.3) is 0 Å². The molecule has 21 heavy (non-hydrogen) atoms. The summed E-state index contributed by atoms with van der Waals surface area (Å²) in [6, 6.07) is 0. The molecule has 0 atom stereocenters. The maximum Gasteiger partial charge on any atom is 0.225 e. The highest BCUT2D eigenvalue weighted by molar-refractivity contribution is 5.66. The zero-order valence-corrected chi connectivity index (χ0v) is 13.9. The van der Waals surface area contributed by atoms with Crippen molar-refractivity contribution in [1.29, 1.82) is 0 Å². The molecule has 1 heteroatoms. The van der Waals surface area contributed by atoms with Gasteiger partial charge in [0.05, 0.1) is 0 Å². The van der Waals surface area contributed by atoms with E-state index in [1.165, 1.54) is 76.7 Å². The Morgan fingerprint density at radius 1 is 0.667 bits per heavy atom. The van der Waals surface area contributed by atoms with Crippen molar-refractivity contribution in [2.45, 2.75) is 84.0 Å². The molecule has 0 rings (SSSR count). The molecular weight excluding hydrogens is 256 g/mol.